The Balaban J connectivity index is 1.29. The fraction of sp³-hybridized carbons (Fsp3) is 0.636. The summed E-state index contributed by atoms with van der Waals surface area (Å²) in [6.07, 6.45) is 4.60. The van der Waals surface area contributed by atoms with Crippen LogP contribution in [0.25, 0.3) is 0 Å². The number of halogens is 1. The van der Waals surface area contributed by atoms with Gasteiger partial charge in [0.1, 0.15) is 11.9 Å². The lowest BCUT2D eigenvalue weighted by atomic mass is 9.87. The van der Waals surface area contributed by atoms with Crippen molar-refractivity contribution >= 4 is 23.2 Å². The van der Waals surface area contributed by atoms with Gasteiger partial charge in [-0.1, -0.05) is 0 Å². The third kappa shape index (κ3) is 5.10. The summed E-state index contributed by atoms with van der Waals surface area (Å²) in [4.78, 5) is 27.7. The molecule has 2 heterocycles. The van der Waals surface area contributed by atoms with Crippen LogP contribution in [-0.2, 0) is 9.59 Å². The second-order valence-corrected chi connectivity index (χ2v) is 8.78. The number of carbonyl (C=O) groups excluding carboxylic acids is 2. The molecule has 4 rings (SSSR count). The third-order valence-corrected chi connectivity index (χ3v) is 6.57. The summed E-state index contributed by atoms with van der Waals surface area (Å²) < 4.78 is 14.8. The number of anilines is 2. The van der Waals surface area contributed by atoms with Gasteiger partial charge in [-0.25, -0.2) is 4.39 Å². The lowest BCUT2D eigenvalue weighted by Gasteiger charge is -2.38. The molecule has 3 N–H and O–H groups in total. The van der Waals surface area contributed by atoms with Crippen LogP contribution in [0.4, 0.5) is 15.8 Å². The van der Waals surface area contributed by atoms with E-state index in [-0.39, 0.29) is 30.2 Å². The number of carbonyl (C=O) groups is 2. The molecule has 2 amide bonds. The molecule has 0 aromatic heterocycles. The van der Waals surface area contributed by atoms with E-state index in [1.54, 1.807) is 12.1 Å². The van der Waals surface area contributed by atoms with E-state index in [1.165, 1.54) is 6.07 Å². The third-order valence-electron chi connectivity index (χ3n) is 6.57. The monoisotopic (exact) mass is 418 g/mol. The molecule has 3 fully saturated rings. The van der Waals surface area contributed by atoms with Gasteiger partial charge in [-0.05, 0) is 56.2 Å². The number of hydrogen-bond acceptors (Lipinski definition) is 6. The van der Waals surface area contributed by atoms with Gasteiger partial charge >= 0.3 is 0 Å². The standard InChI is InChI=1S/C22H31FN4O3/c23-18-13-16(24-19-6-8-21(29)25-22(19)30)3-7-20(18)27-11-9-26(10-12-27)14-15-1-4-17(28)5-2-15/h3,7,13,15,17,19,24,28H,1-2,4-6,8-12,14H2,(H,25,29,30). The molecule has 3 aliphatic rings. The number of imide groups is 1. The van der Waals surface area contributed by atoms with Crippen LogP contribution in [0.1, 0.15) is 38.5 Å². The molecule has 7 nitrogen and oxygen atoms in total. The summed E-state index contributed by atoms with van der Waals surface area (Å²) >= 11 is 0. The van der Waals surface area contributed by atoms with Crippen LogP contribution in [0, 0.1) is 11.7 Å². The molecule has 1 aromatic rings. The number of benzene rings is 1. The maximum Gasteiger partial charge on any atom is 0.249 e. The number of piperidine rings is 1. The summed E-state index contributed by atoms with van der Waals surface area (Å²) in [6, 6.07) is 4.47. The predicted octanol–water partition coefficient (Wildman–Crippen LogP) is 1.72. The molecular formula is C22H31FN4O3. The van der Waals surface area contributed by atoms with Gasteiger partial charge in [0, 0.05) is 44.8 Å². The number of nitrogens with one attached hydrogen (secondary N) is 2. The highest BCUT2D eigenvalue weighted by molar-refractivity contribution is 6.01. The minimum absolute atomic E-state index is 0.117. The average molecular weight is 419 g/mol. The lowest BCUT2D eigenvalue weighted by molar-refractivity contribution is -0.133. The number of piperazine rings is 1. The molecule has 1 unspecified atom stereocenters. The van der Waals surface area contributed by atoms with E-state index in [0.717, 1.165) is 58.4 Å². The SMILES string of the molecule is O=C1CCC(Nc2ccc(N3CCN(CC4CCC(O)CC4)CC3)c(F)c2)C(=O)N1. The van der Waals surface area contributed by atoms with Crippen molar-refractivity contribution in [2.24, 2.45) is 5.92 Å². The molecule has 1 aliphatic carbocycles. The van der Waals surface area contributed by atoms with Crippen molar-refractivity contribution in [1.82, 2.24) is 10.2 Å². The molecule has 30 heavy (non-hydrogen) atoms. The van der Waals surface area contributed by atoms with Gasteiger partial charge in [-0.15, -0.1) is 0 Å². The molecule has 8 heteroatoms. The van der Waals surface area contributed by atoms with Gasteiger partial charge in [0.05, 0.1) is 11.8 Å². The van der Waals surface area contributed by atoms with Crippen molar-refractivity contribution in [1.29, 1.82) is 0 Å². The second-order valence-electron chi connectivity index (χ2n) is 8.78. The first-order valence-electron chi connectivity index (χ1n) is 11.0. The molecular weight excluding hydrogens is 387 g/mol. The van der Waals surface area contributed by atoms with Crippen LogP contribution in [0.3, 0.4) is 0 Å². The highest BCUT2D eigenvalue weighted by Gasteiger charge is 2.27. The Morgan fingerprint density at radius 1 is 1.07 bits per heavy atom. The first-order valence-corrected chi connectivity index (χ1v) is 11.0. The van der Waals surface area contributed by atoms with Gasteiger partial charge in [-0.3, -0.25) is 19.8 Å². The lowest BCUT2D eigenvalue weighted by Crippen LogP contribution is -2.48. The zero-order valence-corrected chi connectivity index (χ0v) is 17.3. The highest BCUT2D eigenvalue weighted by Crippen LogP contribution is 2.27. The van der Waals surface area contributed by atoms with Crippen LogP contribution in [-0.4, -0.2) is 66.7 Å². The molecule has 2 aliphatic heterocycles. The Morgan fingerprint density at radius 3 is 2.47 bits per heavy atom. The maximum absolute atomic E-state index is 14.8. The molecule has 1 aromatic carbocycles. The summed E-state index contributed by atoms with van der Waals surface area (Å²) in [7, 11) is 0. The largest absolute Gasteiger partial charge is 0.393 e. The predicted molar refractivity (Wildman–Crippen MR) is 113 cm³/mol. The quantitative estimate of drug-likeness (QED) is 0.632. The fourth-order valence-corrected chi connectivity index (χ4v) is 4.75. The van der Waals surface area contributed by atoms with Gasteiger partial charge in [0.25, 0.3) is 0 Å². The van der Waals surface area contributed by atoms with E-state index < -0.39 is 6.04 Å². The Kier molecular flexibility index (Phi) is 6.53. The minimum Gasteiger partial charge on any atom is -0.393 e. The van der Waals surface area contributed by atoms with E-state index in [1.807, 2.05) is 0 Å². The smallest absolute Gasteiger partial charge is 0.249 e. The Bertz CT molecular complexity index is 774. The van der Waals surface area contributed by atoms with Crippen LogP contribution >= 0.6 is 0 Å². The first-order chi connectivity index (χ1) is 14.5. The molecule has 0 spiro atoms. The molecule has 0 bridgehead atoms. The number of rotatable bonds is 5. The number of aliphatic hydroxyl groups excluding tert-OH is 1. The van der Waals surface area contributed by atoms with Crippen molar-refractivity contribution < 1.29 is 19.1 Å². The molecule has 164 valence electrons. The average Bonchev–Trinajstić information content (AvgIpc) is 2.73. The van der Waals surface area contributed by atoms with Crippen LogP contribution in [0.2, 0.25) is 0 Å². The van der Waals surface area contributed by atoms with E-state index in [9.17, 15) is 19.1 Å². The van der Waals surface area contributed by atoms with Crippen molar-refractivity contribution in [3.05, 3.63) is 24.0 Å². The van der Waals surface area contributed by atoms with Crippen LogP contribution < -0.4 is 15.5 Å². The molecule has 0 radical (unpaired) electrons. The summed E-state index contributed by atoms with van der Waals surface area (Å²) in [6.45, 7) is 4.46. The zero-order valence-electron chi connectivity index (χ0n) is 17.3. The van der Waals surface area contributed by atoms with Gasteiger partial charge < -0.3 is 15.3 Å². The van der Waals surface area contributed by atoms with E-state index in [4.69, 9.17) is 0 Å². The topological polar surface area (TPSA) is 84.9 Å². The second kappa shape index (κ2) is 9.31. The normalized spacial score (nSPS) is 28.3. The minimum atomic E-state index is -0.516. The summed E-state index contributed by atoms with van der Waals surface area (Å²) in [5.74, 6) is -0.268. The number of aliphatic hydroxyl groups is 1. The van der Waals surface area contributed by atoms with Crippen molar-refractivity contribution in [3.8, 4) is 0 Å². The van der Waals surface area contributed by atoms with Gasteiger partial charge in [-0.2, -0.15) is 0 Å². The zero-order chi connectivity index (χ0) is 21.1. The maximum atomic E-state index is 14.8. The van der Waals surface area contributed by atoms with Gasteiger partial charge in [0.15, 0.2) is 0 Å². The Hall–Kier alpha value is -2.19. The molecule has 1 saturated carbocycles. The summed E-state index contributed by atoms with van der Waals surface area (Å²) in [5.41, 5.74) is 1.13. The van der Waals surface area contributed by atoms with Crippen LogP contribution in [0.15, 0.2) is 18.2 Å². The van der Waals surface area contributed by atoms with Crippen molar-refractivity contribution in [2.75, 3.05) is 42.9 Å². The number of nitrogens with zero attached hydrogens (tertiary/aromatic N) is 2. The molecule has 2 saturated heterocycles. The van der Waals surface area contributed by atoms with Crippen LogP contribution in [0.5, 0.6) is 0 Å². The summed E-state index contributed by atoms with van der Waals surface area (Å²) in [5, 5.41) is 15.0. The van der Waals surface area contributed by atoms with Gasteiger partial charge in [0.2, 0.25) is 11.8 Å². The Morgan fingerprint density at radius 2 is 1.80 bits per heavy atom. The van der Waals surface area contributed by atoms with Crippen molar-refractivity contribution in [3.63, 3.8) is 0 Å². The van der Waals surface area contributed by atoms with E-state index in [0.29, 0.717) is 23.7 Å². The fourth-order valence-electron chi connectivity index (χ4n) is 4.75. The Labute approximate surface area is 176 Å². The first kappa shape index (κ1) is 21.1. The number of amides is 2. The van der Waals surface area contributed by atoms with E-state index in [2.05, 4.69) is 20.4 Å². The highest BCUT2D eigenvalue weighted by atomic mass is 19.1. The van der Waals surface area contributed by atoms with Crippen molar-refractivity contribution in [2.45, 2.75) is 50.7 Å². The van der Waals surface area contributed by atoms with E-state index >= 15 is 0 Å². The molecule has 1 atom stereocenters. The number of hydrogen-bond donors (Lipinski definition) is 3.